The molecule has 0 radical (unpaired) electrons. The summed E-state index contributed by atoms with van der Waals surface area (Å²) in [6.45, 7) is 5.30. The van der Waals surface area contributed by atoms with Crippen LogP contribution in [-0.4, -0.2) is 34.9 Å². The first kappa shape index (κ1) is 18.2. The number of nitrogens with zero attached hydrogens (tertiary/aromatic N) is 2. The number of hydrogen-bond acceptors (Lipinski definition) is 3. The van der Waals surface area contributed by atoms with Crippen LogP contribution in [0.5, 0.6) is 0 Å². The monoisotopic (exact) mass is 305 g/mol. The predicted molar refractivity (Wildman–Crippen MR) is 81.3 cm³/mol. The molecule has 4 nitrogen and oxygen atoms in total. The standard InChI is InChI=1S/C13H19N3O.2ClH/c1-9-6-11(7-10(2)15-9)13(17)16-5-3-4-12(14)8-16;;/h6-7,12H,3-5,8,14H2,1-2H3;2*1H. The molecule has 2 N–H and O–H groups in total. The van der Waals surface area contributed by atoms with E-state index < -0.39 is 0 Å². The van der Waals surface area contributed by atoms with Crippen molar-refractivity contribution in [2.45, 2.75) is 32.7 Å². The van der Waals surface area contributed by atoms with Crippen molar-refractivity contribution in [3.8, 4) is 0 Å². The van der Waals surface area contributed by atoms with Gasteiger partial charge in [0.25, 0.3) is 5.91 Å². The van der Waals surface area contributed by atoms with Crippen LogP contribution in [0.3, 0.4) is 0 Å². The third kappa shape index (κ3) is 4.64. The zero-order valence-electron chi connectivity index (χ0n) is 11.3. The summed E-state index contributed by atoms with van der Waals surface area (Å²) in [6.07, 6.45) is 2.01. The molecule has 1 atom stereocenters. The molecule has 0 aliphatic carbocycles. The van der Waals surface area contributed by atoms with Gasteiger partial charge in [-0.3, -0.25) is 9.78 Å². The number of aromatic nitrogens is 1. The van der Waals surface area contributed by atoms with E-state index in [9.17, 15) is 4.79 Å². The van der Waals surface area contributed by atoms with Gasteiger partial charge in [0.15, 0.2) is 0 Å². The molecule has 0 aromatic carbocycles. The number of likely N-dealkylation sites (tertiary alicyclic amines) is 1. The lowest BCUT2D eigenvalue weighted by atomic mass is 10.1. The molecule has 0 spiro atoms. The Bertz CT molecular complexity index is 420. The summed E-state index contributed by atoms with van der Waals surface area (Å²) in [6, 6.07) is 3.81. The molecule has 0 bridgehead atoms. The highest BCUT2D eigenvalue weighted by atomic mass is 35.5. The lowest BCUT2D eigenvalue weighted by Gasteiger charge is -2.30. The Labute approximate surface area is 126 Å². The Hall–Kier alpha value is -0.840. The van der Waals surface area contributed by atoms with Crippen LogP contribution in [0.4, 0.5) is 0 Å². The number of rotatable bonds is 1. The molecular weight excluding hydrogens is 285 g/mol. The minimum Gasteiger partial charge on any atom is -0.337 e. The van der Waals surface area contributed by atoms with Gasteiger partial charge in [0.05, 0.1) is 0 Å². The Morgan fingerprint density at radius 2 is 1.89 bits per heavy atom. The summed E-state index contributed by atoms with van der Waals surface area (Å²) in [7, 11) is 0. The fourth-order valence-corrected chi connectivity index (χ4v) is 2.33. The maximum Gasteiger partial charge on any atom is 0.254 e. The SMILES string of the molecule is Cc1cc(C(=O)N2CCCC(N)C2)cc(C)n1.Cl.Cl. The summed E-state index contributed by atoms with van der Waals surface area (Å²) < 4.78 is 0. The number of halogens is 2. The molecule has 1 amide bonds. The van der Waals surface area contributed by atoms with Crippen molar-refractivity contribution in [1.82, 2.24) is 9.88 Å². The van der Waals surface area contributed by atoms with Crippen LogP contribution in [0.15, 0.2) is 12.1 Å². The minimum absolute atomic E-state index is 0. The van der Waals surface area contributed by atoms with Gasteiger partial charge in [0.2, 0.25) is 0 Å². The number of piperidine rings is 1. The van der Waals surface area contributed by atoms with Crippen LogP contribution in [0.2, 0.25) is 0 Å². The maximum absolute atomic E-state index is 12.3. The van der Waals surface area contributed by atoms with Gasteiger partial charge in [0.1, 0.15) is 0 Å². The number of amides is 1. The average Bonchev–Trinajstić information content (AvgIpc) is 2.26. The zero-order chi connectivity index (χ0) is 12.4. The Balaban J connectivity index is 0.00000162. The topological polar surface area (TPSA) is 59.2 Å². The molecular formula is C13H21Cl2N3O. The van der Waals surface area contributed by atoms with Gasteiger partial charge < -0.3 is 10.6 Å². The highest BCUT2D eigenvalue weighted by molar-refractivity contribution is 5.94. The molecule has 19 heavy (non-hydrogen) atoms. The smallest absolute Gasteiger partial charge is 0.254 e. The van der Waals surface area contributed by atoms with Gasteiger partial charge in [0, 0.05) is 36.1 Å². The van der Waals surface area contributed by atoms with Crippen LogP contribution in [-0.2, 0) is 0 Å². The highest BCUT2D eigenvalue weighted by Gasteiger charge is 2.22. The summed E-state index contributed by atoms with van der Waals surface area (Å²) in [5.74, 6) is 0.0775. The first-order chi connectivity index (χ1) is 8.06. The van der Waals surface area contributed by atoms with Crippen molar-refractivity contribution in [3.05, 3.63) is 29.1 Å². The lowest BCUT2D eigenvalue weighted by molar-refractivity contribution is 0.0708. The Kier molecular flexibility index (Phi) is 7.34. The summed E-state index contributed by atoms with van der Waals surface area (Å²) >= 11 is 0. The van der Waals surface area contributed by atoms with E-state index in [0.29, 0.717) is 6.54 Å². The van der Waals surface area contributed by atoms with Crippen molar-refractivity contribution >= 4 is 30.7 Å². The van der Waals surface area contributed by atoms with E-state index in [4.69, 9.17) is 5.73 Å². The average molecular weight is 306 g/mol. The molecule has 1 unspecified atom stereocenters. The van der Waals surface area contributed by atoms with Crippen molar-refractivity contribution < 1.29 is 4.79 Å². The van der Waals surface area contributed by atoms with E-state index in [0.717, 1.165) is 36.3 Å². The fourth-order valence-electron chi connectivity index (χ4n) is 2.33. The fraction of sp³-hybridized carbons (Fsp3) is 0.538. The largest absolute Gasteiger partial charge is 0.337 e. The third-order valence-corrected chi connectivity index (χ3v) is 3.07. The summed E-state index contributed by atoms with van der Waals surface area (Å²) in [5.41, 5.74) is 8.39. The third-order valence-electron chi connectivity index (χ3n) is 3.07. The van der Waals surface area contributed by atoms with E-state index >= 15 is 0 Å². The normalized spacial score (nSPS) is 18.3. The number of aryl methyl sites for hydroxylation is 2. The predicted octanol–water partition coefficient (Wildman–Crippen LogP) is 2.11. The second-order valence-electron chi connectivity index (χ2n) is 4.79. The van der Waals surface area contributed by atoms with Crippen LogP contribution in [0, 0.1) is 13.8 Å². The first-order valence-electron chi connectivity index (χ1n) is 6.06. The second kappa shape index (κ2) is 7.68. The number of pyridine rings is 1. The van der Waals surface area contributed by atoms with Crippen molar-refractivity contribution in [2.75, 3.05) is 13.1 Å². The van der Waals surface area contributed by atoms with E-state index in [-0.39, 0.29) is 36.8 Å². The van der Waals surface area contributed by atoms with Gasteiger partial charge >= 0.3 is 0 Å². The van der Waals surface area contributed by atoms with Crippen LogP contribution >= 0.6 is 24.8 Å². The number of carbonyl (C=O) groups is 1. The van der Waals surface area contributed by atoms with Crippen LogP contribution < -0.4 is 5.73 Å². The molecule has 2 rings (SSSR count). The summed E-state index contributed by atoms with van der Waals surface area (Å²) in [4.78, 5) is 18.4. The number of hydrogen-bond donors (Lipinski definition) is 1. The second-order valence-corrected chi connectivity index (χ2v) is 4.79. The Morgan fingerprint density at radius 3 is 2.42 bits per heavy atom. The molecule has 2 heterocycles. The molecule has 1 saturated heterocycles. The van der Waals surface area contributed by atoms with Crippen molar-refractivity contribution in [2.24, 2.45) is 5.73 Å². The van der Waals surface area contributed by atoms with Crippen LogP contribution in [0.25, 0.3) is 0 Å². The first-order valence-corrected chi connectivity index (χ1v) is 6.06. The number of nitrogens with two attached hydrogens (primary N) is 1. The molecule has 6 heteroatoms. The van der Waals surface area contributed by atoms with Crippen molar-refractivity contribution in [1.29, 1.82) is 0 Å². The molecule has 1 fully saturated rings. The van der Waals surface area contributed by atoms with Gasteiger partial charge in [-0.05, 0) is 38.8 Å². The zero-order valence-corrected chi connectivity index (χ0v) is 12.9. The minimum atomic E-state index is 0. The molecule has 0 saturated carbocycles. The lowest BCUT2D eigenvalue weighted by Crippen LogP contribution is -2.45. The van der Waals surface area contributed by atoms with Gasteiger partial charge in [-0.15, -0.1) is 24.8 Å². The van der Waals surface area contributed by atoms with Gasteiger partial charge in [-0.1, -0.05) is 0 Å². The molecule has 1 aromatic heterocycles. The quantitative estimate of drug-likeness (QED) is 0.864. The Morgan fingerprint density at radius 1 is 1.32 bits per heavy atom. The maximum atomic E-state index is 12.3. The molecule has 108 valence electrons. The highest BCUT2D eigenvalue weighted by Crippen LogP contribution is 2.14. The van der Waals surface area contributed by atoms with Gasteiger partial charge in [-0.2, -0.15) is 0 Å². The van der Waals surface area contributed by atoms with E-state index in [1.807, 2.05) is 30.9 Å². The number of carbonyl (C=O) groups excluding carboxylic acids is 1. The van der Waals surface area contributed by atoms with E-state index in [2.05, 4.69) is 4.98 Å². The molecule has 1 aliphatic heterocycles. The molecule has 1 aromatic rings. The van der Waals surface area contributed by atoms with Gasteiger partial charge in [-0.25, -0.2) is 0 Å². The van der Waals surface area contributed by atoms with E-state index in [1.165, 1.54) is 0 Å². The van der Waals surface area contributed by atoms with E-state index in [1.54, 1.807) is 0 Å². The summed E-state index contributed by atoms with van der Waals surface area (Å²) in [5, 5.41) is 0. The van der Waals surface area contributed by atoms with Crippen LogP contribution in [0.1, 0.15) is 34.6 Å². The van der Waals surface area contributed by atoms with Crippen molar-refractivity contribution in [3.63, 3.8) is 0 Å². The molecule has 1 aliphatic rings.